The van der Waals surface area contributed by atoms with E-state index in [9.17, 15) is 9.59 Å². The number of nitrogens with two attached hydrogens (primary N) is 1. The Kier molecular flexibility index (Phi) is 4.08. The van der Waals surface area contributed by atoms with E-state index < -0.39 is 0 Å². The SMILES string of the molecule is CNC(=O)CCNC(=O)CC1(N)CCC1. The van der Waals surface area contributed by atoms with Crippen molar-refractivity contribution in [1.82, 2.24) is 10.6 Å². The van der Waals surface area contributed by atoms with Crippen molar-refractivity contribution in [3.63, 3.8) is 0 Å². The van der Waals surface area contributed by atoms with Crippen molar-refractivity contribution in [2.45, 2.75) is 37.6 Å². The van der Waals surface area contributed by atoms with E-state index in [1.807, 2.05) is 0 Å². The molecule has 0 aromatic carbocycles. The van der Waals surface area contributed by atoms with E-state index in [4.69, 9.17) is 5.73 Å². The molecule has 1 rings (SSSR count). The second-order valence-electron chi connectivity index (χ2n) is 4.17. The predicted molar refractivity (Wildman–Crippen MR) is 57.1 cm³/mol. The fraction of sp³-hybridized carbons (Fsp3) is 0.800. The summed E-state index contributed by atoms with van der Waals surface area (Å²) >= 11 is 0. The van der Waals surface area contributed by atoms with E-state index in [2.05, 4.69) is 10.6 Å². The third kappa shape index (κ3) is 3.87. The molecule has 0 radical (unpaired) electrons. The second-order valence-corrected chi connectivity index (χ2v) is 4.17. The van der Waals surface area contributed by atoms with Crippen LogP contribution in [0.5, 0.6) is 0 Å². The lowest BCUT2D eigenvalue weighted by Gasteiger charge is -2.37. The maximum absolute atomic E-state index is 11.4. The summed E-state index contributed by atoms with van der Waals surface area (Å²) in [5, 5.41) is 5.19. The van der Waals surface area contributed by atoms with Gasteiger partial charge in [0.05, 0.1) is 0 Å². The van der Waals surface area contributed by atoms with Gasteiger partial charge in [-0.3, -0.25) is 9.59 Å². The number of hydrogen-bond acceptors (Lipinski definition) is 3. The Morgan fingerprint density at radius 2 is 2.00 bits per heavy atom. The Morgan fingerprint density at radius 3 is 2.47 bits per heavy atom. The number of carbonyl (C=O) groups excluding carboxylic acids is 2. The maximum Gasteiger partial charge on any atom is 0.221 e. The minimum atomic E-state index is -0.281. The molecule has 86 valence electrons. The van der Waals surface area contributed by atoms with Crippen LogP contribution in [-0.4, -0.2) is 30.9 Å². The van der Waals surface area contributed by atoms with E-state index in [0.29, 0.717) is 19.4 Å². The molecular formula is C10H19N3O2. The summed E-state index contributed by atoms with van der Waals surface area (Å²) in [5.41, 5.74) is 5.64. The molecule has 0 spiro atoms. The van der Waals surface area contributed by atoms with E-state index in [1.165, 1.54) is 0 Å². The minimum absolute atomic E-state index is 0.0545. The number of amides is 2. The van der Waals surface area contributed by atoms with Crippen LogP contribution in [0, 0.1) is 0 Å². The highest BCUT2D eigenvalue weighted by Gasteiger charge is 2.34. The smallest absolute Gasteiger partial charge is 0.221 e. The Bertz CT molecular complexity index is 249. The van der Waals surface area contributed by atoms with Gasteiger partial charge >= 0.3 is 0 Å². The first-order chi connectivity index (χ1) is 7.06. The summed E-state index contributed by atoms with van der Waals surface area (Å²) in [4.78, 5) is 22.3. The molecule has 1 saturated carbocycles. The summed E-state index contributed by atoms with van der Waals surface area (Å²) in [6.45, 7) is 0.384. The Labute approximate surface area is 89.8 Å². The molecule has 2 amide bonds. The van der Waals surface area contributed by atoms with Crippen LogP contribution in [0.4, 0.5) is 0 Å². The monoisotopic (exact) mass is 213 g/mol. The third-order valence-corrected chi connectivity index (χ3v) is 2.82. The van der Waals surface area contributed by atoms with Crippen LogP contribution in [0.3, 0.4) is 0 Å². The first-order valence-electron chi connectivity index (χ1n) is 5.32. The van der Waals surface area contributed by atoms with Crippen molar-refractivity contribution in [2.75, 3.05) is 13.6 Å². The molecule has 0 atom stereocenters. The molecule has 0 heterocycles. The summed E-state index contributed by atoms with van der Waals surface area (Å²) in [6.07, 6.45) is 3.66. The van der Waals surface area contributed by atoms with Crippen molar-refractivity contribution < 1.29 is 9.59 Å². The molecule has 5 heteroatoms. The zero-order valence-corrected chi connectivity index (χ0v) is 9.14. The van der Waals surface area contributed by atoms with Crippen LogP contribution in [0.15, 0.2) is 0 Å². The first-order valence-corrected chi connectivity index (χ1v) is 5.32. The highest BCUT2D eigenvalue weighted by atomic mass is 16.2. The van der Waals surface area contributed by atoms with Crippen LogP contribution in [-0.2, 0) is 9.59 Å². The molecule has 1 fully saturated rings. The zero-order chi connectivity index (χ0) is 11.3. The van der Waals surface area contributed by atoms with Gasteiger partial charge < -0.3 is 16.4 Å². The van der Waals surface area contributed by atoms with Crippen molar-refractivity contribution in [3.05, 3.63) is 0 Å². The van der Waals surface area contributed by atoms with Crippen LogP contribution in [0.25, 0.3) is 0 Å². The van der Waals surface area contributed by atoms with Crippen LogP contribution in [0.1, 0.15) is 32.1 Å². The van der Waals surface area contributed by atoms with Gasteiger partial charge in [0.1, 0.15) is 0 Å². The van der Waals surface area contributed by atoms with Gasteiger partial charge in [-0.05, 0) is 19.3 Å². The van der Waals surface area contributed by atoms with Crippen LogP contribution >= 0.6 is 0 Å². The van der Waals surface area contributed by atoms with E-state index >= 15 is 0 Å². The third-order valence-electron chi connectivity index (χ3n) is 2.82. The second kappa shape index (κ2) is 5.11. The lowest BCUT2D eigenvalue weighted by atomic mass is 9.75. The summed E-state index contributed by atoms with van der Waals surface area (Å²) < 4.78 is 0. The molecule has 15 heavy (non-hydrogen) atoms. The molecule has 5 nitrogen and oxygen atoms in total. The normalized spacial score (nSPS) is 17.7. The fourth-order valence-corrected chi connectivity index (χ4v) is 1.63. The Morgan fingerprint density at radius 1 is 1.33 bits per heavy atom. The number of nitrogens with one attached hydrogen (secondary N) is 2. The van der Waals surface area contributed by atoms with Gasteiger partial charge in [-0.1, -0.05) is 0 Å². The zero-order valence-electron chi connectivity index (χ0n) is 9.14. The summed E-state index contributed by atoms with van der Waals surface area (Å²) in [7, 11) is 1.58. The molecule has 1 aliphatic rings. The molecule has 0 aromatic rings. The summed E-state index contributed by atoms with van der Waals surface area (Å²) in [5.74, 6) is -0.123. The lowest BCUT2D eigenvalue weighted by molar-refractivity contribution is -0.123. The number of carbonyl (C=O) groups is 2. The molecule has 0 unspecified atom stereocenters. The van der Waals surface area contributed by atoms with Gasteiger partial charge in [-0.15, -0.1) is 0 Å². The number of hydrogen-bond donors (Lipinski definition) is 3. The molecule has 0 aliphatic heterocycles. The number of rotatable bonds is 5. The van der Waals surface area contributed by atoms with Gasteiger partial charge in [-0.25, -0.2) is 0 Å². The van der Waals surface area contributed by atoms with E-state index in [1.54, 1.807) is 7.05 Å². The predicted octanol–water partition coefficient (Wildman–Crippen LogP) is -0.490. The highest BCUT2D eigenvalue weighted by molar-refractivity contribution is 5.79. The van der Waals surface area contributed by atoms with Gasteiger partial charge in [0.2, 0.25) is 11.8 Å². The quantitative estimate of drug-likeness (QED) is 0.576. The van der Waals surface area contributed by atoms with Gasteiger partial charge in [0.25, 0.3) is 0 Å². The molecule has 0 bridgehead atoms. The summed E-state index contributed by atoms with van der Waals surface area (Å²) in [6, 6.07) is 0. The molecule has 0 saturated heterocycles. The van der Waals surface area contributed by atoms with Crippen molar-refractivity contribution in [2.24, 2.45) is 5.73 Å². The van der Waals surface area contributed by atoms with Crippen LogP contribution < -0.4 is 16.4 Å². The average Bonchev–Trinajstić information content (AvgIpc) is 2.15. The Balaban J connectivity index is 2.11. The molecular weight excluding hydrogens is 194 g/mol. The standard InChI is InChI=1S/C10H19N3O2/c1-12-8(14)3-6-13-9(15)7-10(11)4-2-5-10/h2-7,11H2,1H3,(H,12,14)(H,13,15). The Hall–Kier alpha value is -1.10. The van der Waals surface area contributed by atoms with Crippen molar-refractivity contribution in [3.8, 4) is 0 Å². The largest absolute Gasteiger partial charge is 0.359 e. The van der Waals surface area contributed by atoms with E-state index in [0.717, 1.165) is 19.3 Å². The highest BCUT2D eigenvalue weighted by Crippen LogP contribution is 2.31. The maximum atomic E-state index is 11.4. The topological polar surface area (TPSA) is 84.2 Å². The van der Waals surface area contributed by atoms with Gasteiger partial charge in [0.15, 0.2) is 0 Å². The van der Waals surface area contributed by atoms with Crippen molar-refractivity contribution in [1.29, 1.82) is 0 Å². The molecule has 4 N–H and O–H groups in total. The van der Waals surface area contributed by atoms with E-state index in [-0.39, 0.29) is 17.4 Å². The average molecular weight is 213 g/mol. The molecule has 0 aromatic heterocycles. The lowest BCUT2D eigenvalue weighted by Crippen LogP contribution is -2.50. The van der Waals surface area contributed by atoms with Gasteiger partial charge in [-0.2, -0.15) is 0 Å². The molecule has 1 aliphatic carbocycles. The van der Waals surface area contributed by atoms with Crippen LogP contribution in [0.2, 0.25) is 0 Å². The first kappa shape index (κ1) is 12.0. The van der Waals surface area contributed by atoms with Gasteiger partial charge in [0, 0.05) is 32.0 Å². The van der Waals surface area contributed by atoms with Crippen molar-refractivity contribution >= 4 is 11.8 Å². The fourth-order valence-electron chi connectivity index (χ4n) is 1.63. The minimum Gasteiger partial charge on any atom is -0.359 e.